The van der Waals surface area contributed by atoms with Crippen molar-refractivity contribution in [2.24, 2.45) is 0 Å². The molecule has 0 aromatic carbocycles. The Hall–Kier alpha value is -1.14. The number of aliphatic hydroxyl groups is 2. The van der Waals surface area contributed by atoms with E-state index in [0.717, 1.165) is 38.5 Å². The summed E-state index contributed by atoms with van der Waals surface area (Å²) in [6.07, 6.45) is 74.1. The van der Waals surface area contributed by atoms with Gasteiger partial charge in [-0.1, -0.05) is 348 Å². The Morgan fingerprint density at radius 2 is 0.569 bits per heavy atom. The first-order valence-electron chi connectivity index (χ1n) is 33.3. The van der Waals surface area contributed by atoms with Crippen LogP contribution in [-0.4, -0.2) is 47.4 Å². The van der Waals surface area contributed by atoms with Crippen LogP contribution >= 0.6 is 0 Å². The average molecular weight is 1020 g/mol. The Labute approximate surface area is 451 Å². The first kappa shape index (κ1) is 70.9. The SMILES string of the molecule is CCCCCCCCCCCCCCCCCCCCCCCC(O)C(CO)NC(=O)CCCCCCCCCCCCCCCCCCCCOC(=O)CCCCCCCCCCCCCCCCCC. The summed E-state index contributed by atoms with van der Waals surface area (Å²) in [6.45, 7) is 4.99. The molecular formula is C66H131NO5. The minimum Gasteiger partial charge on any atom is -0.466 e. The highest BCUT2D eigenvalue weighted by Gasteiger charge is 2.20. The number of rotatable bonds is 63. The summed E-state index contributed by atoms with van der Waals surface area (Å²) in [5.41, 5.74) is 0. The van der Waals surface area contributed by atoms with Crippen LogP contribution in [0.4, 0.5) is 0 Å². The number of esters is 1. The van der Waals surface area contributed by atoms with Crippen molar-refractivity contribution in [1.29, 1.82) is 0 Å². The smallest absolute Gasteiger partial charge is 0.305 e. The van der Waals surface area contributed by atoms with Gasteiger partial charge in [-0.3, -0.25) is 9.59 Å². The molecule has 2 atom stereocenters. The Morgan fingerprint density at radius 1 is 0.333 bits per heavy atom. The fourth-order valence-corrected chi connectivity index (χ4v) is 10.8. The standard InChI is InChI=1S/C66H131NO5/c1-3-5-7-9-11-13-15-17-19-21-22-23-24-27-30-34-38-42-46-50-54-58-64(69)63(62-68)67-65(70)59-55-51-47-43-39-35-31-28-25-26-29-33-37-41-45-49-53-57-61-72-66(71)60-56-52-48-44-40-36-32-20-18-16-14-12-10-8-6-4-2/h63-64,68-69H,3-62H2,1-2H3,(H,67,70). The van der Waals surface area contributed by atoms with Crippen LogP contribution in [0.25, 0.3) is 0 Å². The lowest BCUT2D eigenvalue weighted by atomic mass is 10.0. The van der Waals surface area contributed by atoms with Crippen LogP contribution in [0.15, 0.2) is 0 Å². The van der Waals surface area contributed by atoms with Gasteiger partial charge in [-0.05, 0) is 25.7 Å². The summed E-state index contributed by atoms with van der Waals surface area (Å²) in [5.74, 6) is -0.0214. The highest BCUT2D eigenvalue weighted by atomic mass is 16.5. The number of nitrogens with one attached hydrogen (secondary N) is 1. The van der Waals surface area contributed by atoms with E-state index in [-0.39, 0.29) is 18.5 Å². The summed E-state index contributed by atoms with van der Waals surface area (Å²) in [6, 6.07) is -0.544. The van der Waals surface area contributed by atoms with E-state index in [4.69, 9.17) is 4.74 Å². The van der Waals surface area contributed by atoms with Gasteiger partial charge < -0.3 is 20.3 Å². The second-order valence-electron chi connectivity index (χ2n) is 23.2. The normalized spacial score (nSPS) is 12.4. The molecule has 0 spiro atoms. The van der Waals surface area contributed by atoms with Crippen molar-refractivity contribution >= 4 is 11.9 Å². The van der Waals surface area contributed by atoms with E-state index in [1.54, 1.807) is 0 Å². The molecule has 0 heterocycles. The third kappa shape index (κ3) is 58.1. The van der Waals surface area contributed by atoms with Gasteiger partial charge in [-0.25, -0.2) is 0 Å². The summed E-state index contributed by atoms with van der Waals surface area (Å²) >= 11 is 0. The second kappa shape index (κ2) is 62.4. The number of carbonyl (C=O) groups excluding carboxylic acids is 2. The molecule has 0 aromatic rings. The Bertz CT molecular complexity index is 1040. The molecule has 0 bridgehead atoms. The molecule has 3 N–H and O–H groups in total. The molecule has 6 heteroatoms. The molecule has 0 rings (SSSR count). The number of amides is 1. The van der Waals surface area contributed by atoms with Gasteiger partial charge in [0, 0.05) is 12.8 Å². The molecule has 0 aliphatic heterocycles. The number of hydrogen-bond acceptors (Lipinski definition) is 5. The van der Waals surface area contributed by atoms with E-state index < -0.39 is 12.1 Å². The zero-order chi connectivity index (χ0) is 52.2. The van der Waals surface area contributed by atoms with E-state index in [1.807, 2.05) is 0 Å². The first-order chi connectivity index (χ1) is 35.5. The maximum atomic E-state index is 12.5. The molecule has 1 amide bonds. The monoisotopic (exact) mass is 1020 g/mol. The van der Waals surface area contributed by atoms with Gasteiger partial charge in [0.1, 0.15) is 0 Å². The number of ether oxygens (including phenoxy) is 1. The molecule has 0 radical (unpaired) electrons. The van der Waals surface area contributed by atoms with Crippen molar-refractivity contribution in [3.8, 4) is 0 Å². The quantitative estimate of drug-likeness (QED) is 0.0417. The minimum atomic E-state index is -0.667. The predicted molar refractivity (Wildman–Crippen MR) is 315 cm³/mol. The van der Waals surface area contributed by atoms with Crippen molar-refractivity contribution in [1.82, 2.24) is 5.32 Å². The Balaban J connectivity index is 3.38. The average Bonchev–Trinajstić information content (AvgIpc) is 3.38. The molecule has 0 saturated heterocycles. The van der Waals surface area contributed by atoms with Crippen molar-refractivity contribution in [3.05, 3.63) is 0 Å². The van der Waals surface area contributed by atoms with E-state index in [9.17, 15) is 19.8 Å². The lowest BCUT2D eigenvalue weighted by Crippen LogP contribution is -2.45. The highest BCUT2D eigenvalue weighted by Crippen LogP contribution is 2.19. The fourth-order valence-electron chi connectivity index (χ4n) is 10.8. The molecule has 72 heavy (non-hydrogen) atoms. The molecule has 0 saturated carbocycles. The Morgan fingerprint density at radius 3 is 0.847 bits per heavy atom. The molecule has 430 valence electrons. The number of unbranched alkanes of at least 4 members (excludes halogenated alkanes) is 52. The minimum absolute atomic E-state index is 0.0124. The van der Waals surface area contributed by atoms with E-state index in [0.29, 0.717) is 25.9 Å². The van der Waals surface area contributed by atoms with Gasteiger partial charge in [0.15, 0.2) is 0 Å². The van der Waals surface area contributed by atoms with Crippen LogP contribution in [0, 0.1) is 0 Å². The number of hydrogen-bond donors (Lipinski definition) is 3. The summed E-state index contributed by atoms with van der Waals surface area (Å²) in [4.78, 5) is 24.6. The van der Waals surface area contributed by atoms with Crippen LogP contribution in [0.5, 0.6) is 0 Å². The zero-order valence-corrected chi connectivity index (χ0v) is 49.2. The molecule has 0 aromatic heterocycles. The number of carbonyl (C=O) groups is 2. The summed E-state index contributed by atoms with van der Waals surface area (Å²) in [5, 5.41) is 23.4. The van der Waals surface area contributed by atoms with Gasteiger partial charge >= 0.3 is 5.97 Å². The zero-order valence-electron chi connectivity index (χ0n) is 49.2. The van der Waals surface area contributed by atoms with Crippen molar-refractivity contribution < 1.29 is 24.5 Å². The molecule has 6 nitrogen and oxygen atoms in total. The molecule has 2 unspecified atom stereocenters. The topological polar surface area (TPSA) is 95.9 Å². The third-order valence-electron chi connectivity index (χ3n) is 15.9. The molecular weight excluding hydrogens is 887 g/mol. The van der Waals surface area contributed by atoms with E-state index >= 15 is 0 Å². The summed E-state index contributed by atoms with van der Waals surface area (Å²) < 4.78 is 5.50. The lowest BCUT2D eigenvalue weighted by molar-refractivity contribution is -0.143. The van der Waals surface area contributed by atoms with Crippen LogP contribution in [0.2, 0.25) is 0 Å². The Kier molecular flexibility index (Phi) is 61.4. The fraction of sp³-hybridized carbons (Fsp3) is 0.970. The largest absolute Gasteiger partial charge is 0.466 e. The maximum absolute atomic E-state index is 12.5. The predicted octanol–water partition coefficient (Wildman–Crippen LogP) is 21.0. The second-order valence-corrected chi connectivity index (χ2v) is 23.2. The third-order valence-corrected chi connectivity index (χ3v) is 15.9. The van der Waals surface area contributed by atoms with E-state index in [2.05, 4.69) is 19.2 Å². The van der Waals surface area contributed by atoms with Crippen molar-refractivity contribution in [2.75, 3.05) is 13.2 Å². The van der Waals surface area contributed by atoms with E-state index in [1.165, 1.54) is 315 Å². The number of aliphatic hydroxyl groups excluding tert-OH is 2. The van der Waals surface area contributed by atoms with Crippen LogP contribution in [-0.2, 0) is 14.3 Å². The lowest BCUT2D eigenvalue weighted by Gasteiger charge is -2.22. The van der Waals surface area contributed by atoms with Gasteiger partial charge in [0.2, 0.25) is 5.91 Å². The van der Waals surface area contributed by atoms with Gasteiger partial charge in [-0.15, -0.1) is 0 Å². The van der Waals surface area contributed by atoms with Crippen molar-refractivity contribution in [3.63, 3.8) is 0 Å². The molecule has 0 fully saturated rings. The van der Waals surface area contributed by atoms with Crippen LogP contribution < -0.4 is 5.32 Å². The highest BCUT2D eigenvalue weighted by molar-refractivity contribution is 5.76. The van der Waals surface area contributed by atoms with Gasteiger partial charge in [0.25, 0.3) is 0 Å². The first-order valence-corrected chi connectivity index (χ1v) is 33.3. The maximum Gasteiger partial charge on any atom is 0.305 e. The summed E-state index contributed by atoms with van der Waals surface area (Å²) in [7, 11) is 0. The van der Waals surface area contributed by atoms with Crippen LogP contribution in [0.3, 0.4) is 0 Å². The van der Waals surface area contributed by atoms with Crippen LogP contribution in [0.1, 0.15) is 386 Å². The van der Waals surface area contributed by atoms with Gasteiger partial charge in [-0.2, -0.15) is 0 Å². The molecule has 0 aliphatic rings. The van der Waals surface area contributed by atoms with Crippen molar-refractivity contribution in [2.45, 2.75) is 398 Å². The van der Waals surface area contributed by atoms with Gasteiger partial charge in [0.05, 0.1) is 25.4 Å². The molecule has 0 aliphatic carbocycles.